The fraction of sp³-hybridized carbons (Fsp3) is 0.942. The summed E-state index contributed by atoms with van der Waals surface area (Å²) in [5.41, 5.74) is 0. The molecule has 1 fully saturated rings. The number of hydrogen-bond donors (Lipinski definition) is 0. The highest BCUT2D eigenvalue weighted by atomic mass is 16.7. The van der Waals surface area contributed by atoms with Crippen molar-refractivity contribution >= 4 is 17.9 Å². The molecule has 0 radical (unpaired) electrons. The van der Waals surface area contributed by atoms with Gasteiger partial charge < -0.3 is 42.8 Å². The average molecular weight is 914 g/mol. The summed E-state index contributed by atoms with van der Waals surface area (Å²) in [5, 5.41) is 0. The first-order valence-corrected chi connectivity index (χ1v) is 26.5. The second kappa shape index (κ2) is 43.7. The van der Waals surface area contributed by atoms with Crippen LogP contribution in [0.4, 0.5) is 0 Å². The lowest BCUT2D eigenvalue weighted by Crippen LogP contribution is -2.45. The predicted octanol–water partition coefficient (Wildman–Crippen LogP) is 11.5. The zero-order valence-corrected chi connectivity index (χ0v) is 42.2. The van der Waals surface area contributed by atoms with Crippen molar-refractivity contribution in [2.75, 3.05) is 73.5 Å². The quantitative estimate of drug-likeness (QED) is 0.0327. The van der Waals surface area contributed by atoms with Crippen LogP contribution in [0.15, 0.2) is 0 Å². The summed E-state index contributed by atoms with van der Waals surface area (Å²) in [6.45, 7) is 11.2. The fourth-order valence-electron chi connectivity index (χ4n) is 7.68. The molecule has 0 N–H and O–H groups in total. The van der Waals surface area contributed by atoms with Crippen LogP contribution >= 0.6 is 0 Å². The first-order valence-electron chi connectivity index (χ1n) is 26.5. The van der Waals surface area contributed by atoms with Gasteiger partial charge in [-0.3, -0.25) is 4.79 Å². The third-order valence-electron chi connectivity index (χ3n) is 11.9. The number of carbonyl (C=O) groups is 3. The van der Waals surface area contributed by atoms with Gasteiger partial charge >= 0.3 is 17.9 Å². The topological polar surface area (TPSA) is 128 Å². The van der Waals surface area contributed by atoms with E-state index in [2.05, 4.69) is 27.7 Å². The molecule has 1 rings (SSSR count). The van der Waals surface area contributed by atoms with Crippen LogP contribution < -0.4 is 0 Å². The molecule has 2 unspecified atom stereocenters. The van der Waals surface area contributed by atoms with Gasteiger partial charge in [-0.05, 0) is 39.8 Å². The number of nitrogens with zero attached hydrogens (tertiary/aromatic N) is 1. The van der Waals surface area contributed by atoms with Gasteiger partial charge in [0.15, 0.2) is 24.4 Å². The normalized spacial score (nSPS) is 17.2. The van der Waals surface area contributed by atoms with Crippen LogP contribution in [0.2, 0.25) is 0 Å². The molecule has 0 aliphatic carbocycles. The van der Waals surface area contributed by atoms with Crippen LogP contribution in [-0.2, 0) is 52.3 Å². The van der Waals surface area contributed by atoms with Gasteiger partial charge in [-0.15, -0.1) is 0 Å². The lowest BCUT2D eigenvalue weighted by atomic mass is 10.1. The number of ether oxygens (including phenoxy) is 8. The first-order chi connectivity index (χ1) is 31.3. The largest absolute Gasteiger partial charge is 0.463 e. The van der Waals surface area contributed by atoms with Crippen LogP contribution in [0.5, 0.6) is 0 Å². The molecule has 12 heteroatoms. The minimum atomic E-state index is -1.04. The van der Waals surface area contributed by atoms with Crippen LogP contribution in [0.25, 0.3) is 0 Å². The van der Waals surface area contributed by atoms with E-state index in [1.165, 1.54) is 116 Å². The summed E-state index contributed by atoms with van der Waals surface area (Å²) in [6.07, 6.45) is 27.5. The molecule has 5 atom stereocenters. The lowest BCUT2D eigenvalue weighted by molar-refractivity contribution is -0.184. The molecule has 0 amide bonds. The van der Waals surface area contributed by atoms with E-state index in [0.29, 0.717) is 33.0 Å². The average Bonchev–Trinajstić information content (AvgIpc) is 3.66. The molecule has 1 aliphatic rings. The summed E-state index contributed by atoms with van der Waals surface area (Å²) < 4.78 is 48.3. The van der Waals surface area contributed by atoms with Gasteiger partial charge in [0, 0.05) is 33.0 Å². The Morgan fingerprint density at radius 1 is 0.516 bits per heavy atom. The summed E-state index contributed by atoms with van der Waals surface area (Å²) >= 11 is 0. The van der Waals surface area contributed by atoms with Gasteiger partial charge in [0.1, 0.15) is 12.7 Å². The second-order valence-electron chi connectivity index (χ2n) is 18.3. The number of unbranched alkanes of at least 4 members (excludes halogenated alkanes) is 24. The van der Waals surface area contributed by atoms with Gasteiger partial charge in [0.05, 0.1) is 26.2 Å². The number of rotatable bonds is 47. The van der Waals surface area contributed by atoms with Crippen molar-refractivity contribution in [2.45, 2.75) is 244 Å². The molecule has 1 heterocycles. The number of hydrogen-bond acceptors (Lipinski definition) is 12. The standard InChI is InChI=1S/C52H99NO11/c1-7-11-15-19-23-27-31-37-57-41-47(59-39-33-29-25-21-17-13-9-3)51(55)63-46-44-61-45(43-62-49(54)35-36-53(5)6)50(46)64-52(56)48(60-40-34-30-26-22-18-14-10-4)42-58-38-32-28-24-20-16-12-8-2/h45-48,50H,7-44H2,1-6H3/t45-,46+,47?,48?,50+/m1/s1. The van der Waals surface area contributed by atoms with Crippen molar-refractivity contribution in [1.82, 2.24) is 4.90 Å². The second-order valence-corrected chi connectivity index (χ2v) is 18.3. The Morgan fingerprint density at radius 3 is 1.30 bits per heavy atom. The smallest absolute Gasteiger partial charge is 0.338 e. The molecule has 1 saturated heterocycles. The van der Waals surface area contributed by atoms with Gasteiger partial charge in [-0.25, -0.2) is 9.59 Å². The third kappa shape index (κ3) is 33.6. The summed E-state index contributed by atoms with van der Waals surface area (Å²) in [6, 6.07) is 0. The molecule has 0 aromatic heterocycles. The summed E-state index contributed by atoms with van der Waals surface area (Å²) in [5.74, 6) is -1.60. The zero-order chi connectivity index (χ0) is 46.7. The number of carbonyl (C=O) groups excluding carboxylic acids is 3. The molecule has 0 spiro atoms. The monoisotopic (exact) mass is 914 g/mol. The van der Waals surface area contributed by atoms with Gasteiger partial charge in [-0.1, -0.05) is 182 Å². The molecular weight excluding hydrogens is 815 g/mol. The van der Waals surface area contributed by atoms with E-state index in [1.807, 2.05) is 19.0 Å². The Labute approximate surface area is 391 Å². The Morgan fingerprint density at radius 2 is 0.891 bits per heavy atom. The number of esters is 3. The summed E-state index contributed by atoms with van der Waals surface area (Å²) in [7, 11) is 3.77. The minimum Gasteiger partial charge on any atom is -0.463 e. The summed E-state index contributed by atoms with van der Waals surface area (Å²) in [4.78, 5) is 42.5. The predicted molar refractivity (Wildman–Crippen MR) is 257 cm³/mol. The molecule has 0 aromatic carbocycles. The van der Waals surface area contributed by atoms with Crippen LogP contribution in [0, 0.1) is 0 Å². The highest BCUT2D eigenvalue weighted by Crippen LogP contribution is 2.24. The van der Waals surface area contributed by atoms with Crippen LogP contribution in [0.1, 0.15) is 214 Å². The Kier molecular flexibility index (Phi) is 41.1. The molecule has 378 valence electrons. The highest BCUT2D eigenvalue weighted by Gasteiger charge is 2.45. The van der Waals surface area contributed by atoms with E-state index in [4.69, 9.17) is 37.9 Å². The van der Waals surface area contributed by atoms with E-state index in [-0.39, 0.29) is 32.8 Å². The Bertz CT molecular complexity index is 1080. The maximum atomic E-state index is 14.0. The molecule has 12 nitrogen and oxygen atoms in total. The zero-order valence-electron chi connectivity index (χ0n) is 42.2. The van der Waals surface area contributed by atoms with Crippen molar-refractivity contribution in [3.05, 3.63) is 0 Å². The Balaban J connectivity index is 3.07. The van der Waals surface area contributed by atoms with Crippen molar-refractivity contribution in [3.8, 4) is 0 Å². The molecule has 0 aromatic rings. The first kappa shape index (κ1) is 60.2. The van der Waals surface area contributed by atoms with Crippen molar-refractivity contribution < 1.29 is 52.3 Å². The van der Waals surface area contributed by atoms with Crippen molar-refractivity contribution in [1.29, 1.82) is 0 Å². The highest BCUT2D eigenvalue weighted by molar-refractivity contribution is 5.76. The SMILES string of the molecule is CCCCCCCCCOCC(OCCCCCCCCC)C(=O)O[C@@H]1[C@@H](OC(=O)C(COCCCCCCCCC)OCCCCCCCCC)CO[C@@H]1COC(=O)CCN(C)C. The maximum absolute atomic E-state index is 14.0. The molecule has 0 saturated carbocycles. The van der Waals surface area contributed by atoms with E-state index in [9.17, 15) is 14.4 Å². The fourth-order valence-corrected chi connectivity index (χ4v) is 7.68. The van der Waals surface area contributed by atoms with Crippen molar-refractivity contribution in [2.24, 2.45) is 0 Å². The van der Waals surface area contributed by atoms with Gasteiger partial charge in [0.2, 0.25) is 0 Å². The van der Waals surface area contributed by atoms with E-state index >= 15 is 0 Å². The molecular formula is C52H99NO11. The minimum absolute atomic E-state index is 0.0364. The maximum Gasteiger partial charge on any atom is 0.338 e. The van der Waals surface area contributed by atoms with Gasteiger partial charge in [-0.2, -0.15) is 0 Å². The van der Waals surface area contributed by atoms with E-state index < -0.39 is 48.4 Å². The van der Waals surface area contributed by atoms with Crippen LogP contribution in [0.3, 0.4) is 0 Å². The van der Waals surface area contributed by atoms with E-state index in [0.717, 1.165) is 64.2 Å². The molecule has 0 bridgehead atoms. The molecule has 1 aliphatic heterocycles. The molecule has 64 heavy (non-hydrogen) atoms. The van der Waals surface area contributed by atoms with Crippen LogP contribution in [-0.4, -0.2) is 127 Å². The van der Waals surface area contributed by atoms with Crippen molar-refractivity contribution in [3.63, 3.8) is 0 Å². The van der Waals surface area contributed by atoms with E-state index in [1.54, 1.807) is 0 Å². The lowest BCUT2D eigenvalue weighted by Gasteiger charge is -2.26. The van der Waals surface area contributed by atoms with Gasteiger partial charge in [0.25, 0.3) is 0 Å². The third-order valence-corrected chi connectivity index (χ3v) is 11.9. The Hall–Kier alpha value is -1.83.